The zero-order chi connectivity index (χ0) is 15.4. The Labute approximate surface area is 129 Å². The number of hydrogen-bond donors (Lipinski definition) is 1. The number of pyridine rings is 1. The minimum Gasteiger partial charge on any atom is -0.497 e. The minimum atomic E-state index is 0.647. The summed E-state index contributed by atoms with van der Waals surface area (Å²) in [5.41, 5.74) is 3.07. The highest BCUT2D eigenvalue weighted by Gasteiger charge is 2.06. The molecule has 1 N–H and O–H groups in total. The molecule has 0 amide bonds. The molecule has 0 aliphatic carbocycles. The Balaban J connectivity index is 1.88. The Kier molecular flexibility index (Phi) is 4.10. The first-order chi connectivity index (χ1) is 10.8. The third-order valence-corrected chi connectivity index (χ3v) is 3.60. The second-order valence-corrected chi connectivity index (χ2v) is 4.91. The summed E-state index contributed by atoms with van der Waals surface area (Å²) in [5.74, 6) is 1.66. The van der Waals surface area contributed by atoms with Gasteiger partial charge in [-0.05, 0) is 42.5 Å². The highest BCUT2D eigenvalue weighted by Crippen LogP contribution is 2.26. The summed E-state index contributed by atoms with van der Waals surface area (Å²) >= 11 is 0. The van der Waals surface area contributed by atoms with Crippen molar-refractivity contribution in [3.8, 4) is 11.5 Å². The van der Waals surface area contributed by atoms with Crippen LogP contribution in [0.5, 0.6) is 11.5 Å². The van der Waals surface area contributed by atoms with Crippen LogP contribution in [0.4, 0.5) is 5.69 Å². The number of fused-ring (bicyclic) bond motifs is 1. The predicted molar refractivity (Wildman–Crippen MR) is 88.6 cm³/mol. The summed E-state index contributed by atoms with van der Waals surface area (Å²) in [6, 6.07) is 15.9. The van der Waals surface area contributed by atoms with Crippen molar-refractivity contribution in [1.82, 2.24) is 4.98 Å². The largest absolute Gasteiger partial charge is 0.497 e. The van der Waals surface area contributed by atoms with E-state index in [9.17, 15) is 0 Å². The standard InChI is InChI=1S/C18H18N2O2/c1-21-14-8-9-18(22-2)13(11-14)12-20-17-7-3-6-16-15(17)5-4-10-19-16/h3-11,20H,12H2,1-2H3. The Morgan fingerprint density at radius 3 is 2.73 bits per heavy atom. The first-order valence-corrected chi connectivity index (χ1v) is 7.10. The van der Waals surface area contributed by atoms with Crippen molar-refractivity contribution in [2.24, 2.45) is 0 Å². The van der Waals surface area contributed by atoms with Crippen molar-refractivity contribution in [2.45, 2.75) is 6.54 Å². The third-order valence-electron chi connectivity index (χ3n) is 3.60. The molecule has 0 spiro atoms. The van der Waals surface area contributed by atoms with Gasteiger partial charge in [0.05, 0.1) is 19.7 Å². The van der Waals surface area contributed by atoms with Crippen LogP contribution in [0.2, 0.25) is 0 Å². The van der Waals surface area contributed by atoms with E-state index in [0.717, 1.165) is 33.7 Å². The first-order valence-electron chi connectivity index (χ1n) is 7.10. The number of benzene rings is 2. The van der Waals surface area contributed by atoms with Gasteiger partial charge in [0, 0.05) is 29.4 Å². The van der Waals surface area contributed by atoms with E-state index < -0.39 is 0 Å². The number of anilines is 1. The van der Waals surface area contributed by atoms with E-state index >= 15 is 0 Å². The Morgan fingerprint density at radius 2 is 1.91 bits per heavy atom. The van der Waals surface area contributed by atoms with Gasteiger partial charge < -0.3 is 14.8 Å². The summed E-state index contributed by atoms with van der Waals surface area (Å²) in [5, 5.41) is 4.56. The maximum absolute atomic E-state index is 5.41. The zero-order valence-electron chi connectivity index (χ0n) is 12.7. The average Bonchev–Trinajstić information content (AvgIpc) is 2.59. The highest BCUT2D eigenvalue weighted by atomic mass is 16.5. The molecular weight excluding hydrogens is 276 g/mol. The Hall–Kier alpha value is -2.75. The number of aromatic nitrogens is 1. The number of nitrogens with zero attached hydrogens (tertiary/aromatic N) is 1. The van der Waals surface area contributed by atoms with Crippen LogP contribution in [-0.2, 0) is 6.54 Å². The molecule has 3 rings (SSSR count). The molecule has 0 saturated carbocycles. The number of hydrogen-bond acceptors (Lipinski definition) is 4. The van der Waals surface area contributed by atoms with Crippen LogP contribution in [-0.4, -0.2) is 19.2 Å². The van der Waals surface area contributed by atoms with Crippen molar-refractivity contribution >= 4 is 16.6 Å². The molecule has 0 saturated heterocycles. The lowest BCUT2D eigenvalue weighted by Gasteiger charge is -2.13. The van der Waals surface area contributed by atoms with Crippen molar-refractivity contribution in [2.75, 3.05) is 19.5 Å². The molecule has 0 aliphatic heterocycles. The summed E-state index contributed by atoms with van der Waals surface area (Å²) in [6.45, 7) is 0.647. The topological polar surface area (TPSA) is 43.4 Å². The molecule has 4 nitrogen and oxygen atoms in total. The molecule has 0 atom stereocenters. The van der Waals surface area contributed by atoms with Gasteiger partial charge in [0.2, 0.25) is 0 Å². The molecule has 0 bridgehead atoms. The molecule has 4 heteroatoms. The Bertz CT molecular complexity index is 782. The minimum absolute atomic E-state index is 0.647. The van der Waals surface area contributed by atoms with Gasteiger partial charge in [-0.25, -0.2) is 0 Å². The van der Waals surface area contributed by atoms with Gasteiger partial charge in [-0.1, -0.05) is 6.07 Å². The van der Waals surface area contributed by atoms with E-state index in [4.69, 9.17) is 9.47 Å². The van der Waals surface area contributed by atoms with Gasteiger partial charge in [-0.15, -0.1) is 0 Å². The van der Waals surface area contributed by atoms with Gasteiger partial charge >= 0.3 is 0 Å². The van der Waals surface area contributed by atoms with E-state index in [1.807, 2.05) is 36.4 Å². The molecule has 1 aromatic heterocycles. The number of nitrogens with one attached hydrogen (secondary N) is 1. The molecule has 0 unspecified atom stereocenters. The lowest BCUT2D eigenvalue weighted by molar-refractivity contribution is 0.399. The molecule has 0 fully saturated rings. The van der Waals surface area contributed by atoms with Gasteiger partial charge in [0.25, 0.3) is 0 Å². The Morgan fingerprint density at radius 1 is 1.00 bits per heavy atom. The maximum atomic E-state index is 5.41. The predicted octanol–water partition coefficient (Wildman–Crippen LogP) is 3.86. The average molecular weight is 294 g/mol. The number of rotatable bonds is 5. The fraction of sp³-hybridized carbons (Fsp3) is 0.167. The van der Waals surface area contributed by atoms with Crippen LogP contribution in [0.15, 0.2) is 54.7 Å². The van der Waals surface area contributed by atoms with E-state index in [1.54, 1.807) is 20.4 Å². The number of ether oxygens (including phenoxy) is 2. The highest BCUT2D eigenvalue weighted by molar-refractivity contribution is 5.91. The second kappa shape index (κ2) is 6.35. The molecular formula is C18H18N2O2. The fourth-order valence-electron chi connectivity index (χ4n) is 2.47. The normalized spacial score (nSPS) is 10.5. The SMILES string of the molecule is COc1ccc(OC)c(CNc2cccc3ncccc23)c1. The monoisotopic (exact) mass is 294 g/mol. The molecule has 0 radical (unpaired) electrons. The summed E-state index contributed by atoms with van der Waals surface area (Å²) in [6.07, 6.45) is 1.80. The van der Waals surface area contributed by atoms with Gasteiger partial charge in [0.1, 0.15) is 11.5 Å². The third kappa shape index (κ3) is 2.81. The fourth-order valence-corrected chi connectivity index (χ4v) is 2.47. The van der Waals surface area contributed by atoms with Crippen LogP contribution >= 0.6 is 0 Å². The van der Waals surface area contributed by atoms with Crippen LogP contribution in [0.3, 0.4) is 0 Å². The number of methoxy groups -OCH3 is 2. The maximum Gasteiger partial charge on any atom is 0.124 e. The van der Waals surface area contributed by atoms with Crippen molar-refractivity contribution in [1.29, 1.82) is 0 Å². The lowest BCUT2D eigenvalue weighted by Crippen LogP contribution is -2.03. The van der Waals surface area contributed by atoms with E-state index in [2.05, 4.69) is 22.4 Å². The summed E-state index contributed by atoms with van der Waals surface area (Å²) < 4.78 is 10.7. The van der Waals surface area contributed by atoms with E-state index in [0.29, 0.717) is 6.54 Å². The van der Waals surface area contributed by atoms with Crippen LogP contribution in [0.25, 0.3) is 10.9 Å². The van der Waals surface area contributed by atoms with Crippen LogP contribution in [0.1, 0.15) is 5.56 Å². The first kappa shape index (κ1) is 14.2. The van der Waals surface area contributed by atoms with Crippen LogP contribution in [0, 0.1) is 0 Å². The van der Waals surface area contributed by atoms with Crippen molar-refractivity contribution in [3.63, 3.8) is 0 Å². The molecule has 1 heterocycles. The van der Waals surface area contributed by atoms with Crippen molar-refractivity contribution in [3.05, 3.63) is 60.3 Å². The van der Waals surface area contributed by atoms with Crippen LogP contribution < -0.4 is 14.8 Å². The zero-order valence-corrected chi connectivity index (χ0v) is 12.7. The molecule has 22 heavy (non-hydrogen) atoms. The van der Waals surface area contributed by atoms with Gasteiger partial charge in [-0.2, -0.15) is 0 Å². The quantitative estimate of drug-likeness (QED) is 0.776. The van der Waals surface area contributed by atoms with E-state index in [1.165, 1.54) is 0 Å². The van der Waals surface area contributed by atoms with Gasteiger partial charge in [-0.3, -0.25) is 4.98 Å². The molecule has 0 aliphatic rings. The summed E-state index contributed by atoms with van der Waals surface area (Å²) in [4.78, 5) is 4.37. The smallest absolute Gasteiger partial charge is 0.124 e. The molecule has 3 aromatic rings. The van der Waals surface area contributed by atoms with Crippen molar-refractivity contribution < 1.29 is 9.47 Å². The summed E-state index contributed by atoms with van der Waals surface area (Å²) in [7, 11) is 3.34. The second-order valence-electron chi connectivity index (χ2n) is 4.91. The van der Waals surface area contributed by atoms with E-state index in [-0.39, 0.29) is 0 Å². The molecule has 112 valence electrons. The lowest BCUT2D eigenvalue weighted by atomic mass is 10.1. The molecule has 2 aromatic carbocycles. The van der Waals surface area contributed by atoms with Gasteiger partial charge in [0.15, 0.2) is 0 Å².